The fourth-order valence-corrected chi connectivity index (χ4v) is 4.26. The van der Waals surface area contributed by atoms with Crippen LogP contribution in [-0.4, -0.2) is 50.2 Å². The summed E-state index contributed by atoms with van der Waals surface area (Å²) in [5.74, 6) is -0.775. The van der Waals surface area contributed by atoms with E-state index in [1.54, 1.807) is 10.9 Å². The molecule has 1 amide bonds. The Balaban J connectivity index is 1.39. The number of amides is 1. The topological polar surface area (TPSA) is 71.2 Å². The zero-order chi connectivity index (χ0) is 18.6. The van der Waals surface area contributed by atoms with Crippen molar-refractivity contribution >= 4 is 5.91 Å². The first-order valence-corrected chi connectivity index (χ1v) is 9.26. The summed E-state index contributed by atoms with van der Waals surface area (Å²) in [6.45, 7) is 0.585. The molecule has 0 radical (unpaired) electrons. The lowest BCUT2D eigenvalue weighted by Crippen LogP contribution is -2.47. The van der Waals surface area contributed by atoms with Crippen molar-refractivity contribution in [1.82, 2.24) is 19.9 Å². The minimum absolute atomic E-state index is 0.00802. The fraction of sp³-hybridized carbons (Fsp3) is 0.824. The Bertz CT molecular complexity index is 684. The van der Waals surface area contributed by atoms with Crippen molar-refractivity contribution in [2.75, 3.05) is 13.1 Å². The molecule has 1 N–H and O–H groups in total. The molecule has 6 nitrogen and oxygen atoms in total. The third-order valence-electron chi connectivity index (χ3n) is 6.25. The average Bonchev–Trinajstić information content (AvgIpc) is 3.07. The second kappa shape index (κ2) is 5.94. The van der Waals surface area contributed by atoms with E-state index in [1.165, 1.54) is 4.90 Å². The molecule has 0 atom stereocenters. The number of alkyl halides is 3. The molecule has 9 heteroatoms. The van der Waals surface area contributed by atoms with Crippen LogP contribution in [0.15, 0.2) is 6.20 Å². The molecular formula is C17H23F3N4O2. The van der Waals surface area contributed by atoms with Crippen LogP contribution < -0.4 is 0 Å². The van der Waals surface area contributed by atoms with Crippen LogP contribution in [-0.2, 0) is 10.4 Å². The Kier molecular flexibility index (Phi) is 4.05. The van der Waals surface area contributed by atoms with Gasteiger partial charge < -0.3 is 10.0 Å². The van der Waals surface area contributed by atoms with Gasteiger partial charge in [-0.05, 0) is 38.5 Å². The number of nitrogens with zero attached hydrogens (tertiary/aromatic N) is 4. The first-order valence-electron chi connectivity index (χ1n) is 9.26. The number of piperidine rings is 1. The van der Waals surface area contributed by atoms with Gasteiger partial charge in [-0.25, -0.2) is 4.68 Å². The van der Waals surface area contributed by atoms with Gasteiger partial charge in [-0.2, -0.15) is 13.2 Å². The molecule has 4 rings (SSSR count). The number of halogens is 3. The number of likely N-dealkylation sites (tertiary alicyclic amines) is 1. The number of hydrogen-bond donors (Lipinski definition) is 1. The van der Waals surface area contributed by atoms with E-state index in [4.69, 9.17) is 0 Å². The molecule has 1 aliphatic heterocycles. The summed E-state index contributed by atoms with van der Waals surface area (Å²) in [7, 11) is 0. The minimum Gasteiger partial charge on any atom is -0.383 e. The summed E-state index contributed by atoms with van der Waals surface area (Å²) in [6.07, 6.45) is 1.47. The molecule has 144 valence electrons. The number of aliphatic hydroxyl groups is 1. The van der Waals surface area contributed by atoms with Gasteiger partial charge in [0.2, 0.25) is 5.91 Å². The Hall–Kier alpha value is -1.64. The van der Waals surface area contributed by atoms with E-state index in [0.717, 1.165) is 12.8 Å². The Morgan fingerprint density at radius 1 is 1.15 bits per heavy atom. The quantitative estimate of drug-likeness (QED) is 0.885. The average molecular weight is 372 g/mol. The van der Waals surface area contributed by atoms with Crippen molar-refractivity contribution in [2.45, 2.75) is 69.2 Å². The standard InChI is InChI=1S/C17H23F3N4O2/c18-17(19,20)15(7-8-15)14(25)23-9-3-12(4-10-23)24-11-13(21-22-24)16(26)5-1-2-6-16/h11-12,26H,1-10H2. The summed E-state index contributed by atoms with van der Waals surface area (Å²) >= 11 is 0. The Morgan fingerprint density at radius 2 is 1.77 bits per heavy atom. The lowest BCUT2D eigenvalue weighted by atomic mass is 9.98. The lowest BCUT2D eigenvalue weighted by molar-refractivity contribution is -0.199. The van der Waals surface area contributed by atoms with Gasteiger partial charge in [-0.15, -0.1) is 5.10 Å². The SMILES string of the molecule is O=C(N1CCC(n2cc(C3(O)CCCC3)nn2)CC1)C1(C(F)(F)F)CC1. The molecule has 1 aromatic rings. The molecule has 3 fully saturated rings. The molecule has 26 heavy (non-hydrogen) atoms. The molecule has 2 heterocycles. The predicted molar refractivity (Wildman–Crippen MR) is 85.0 cm³/mol. The Morgan fingerprint density at radius 3 is 2.31 bits per heavy atom. The van der Waals surface area contributed by atoms with Crippen molar-refractivity contribution in [3.63, 3.8) is 0 Å². The van der Waals surface area contributed by atoms with Gasteiger partial charge in [0.15, 0.2) is 0 Å². The molecular weight excluding hydrogens is 349 g/mol. The second-order valence-corrected chi connectivity index (χ2v) is 7.93. The van der Waals surface area contributed by atoms with Crippen LogP contribution in [0.4, 0.5) is 13.2 Å². The van der Waals surface area contributed by atoms with Crippen LogP contribution in [0.5, 0.6) is 0 Å². The van der Waals surface area contributed by atoms with Crippen LogP contribution in [0.25, 0.3) is 0 Å². The van der Waals surface area contributed by atoms with Crippen molar-refractivity contribution in [1.29, 1.82) is 0 Å². The summed E-state index contributed by atoms with van der Waals surface area (Å²) < 4.78 is 41.1. The first kappa shape index (κ1) is 17.8. The van der Waals surface area contributed by atoms with Gasteiger partial charge >= 0.3 is 6.18 Å². The second-order valence-electron chi connectivity index (χ2n) is 7.93. The first-order chi connectivity index (χ1) is 12.3. The van der Waals surface area contributed by atoms with Crippen LogP contribution in [0, 0.1) is 5.41 Å². The molecule has 1 saturated heterocycles. The molecule has 2 aliphatic carbocycles. The molecule has 3 aliphatic rings. The predicted octanol–water partition coefficient (Wildman–Crippen LogP) is 2.55. The minimum atomic E-state index is -4.46. The van der Waals surface area contributed by atoms with Gasteiger partial charge in [0.1, 0.15) is 16.7 Å². The molecule has 1 aromatic heterocycles. The molecule has 0 bridgehead atoms. The highest BCUT2D eigenvalue weighted by Gasteiger charge is 2.69. The van der Waals surface area contributed by atoms with Crippen molar-refractivity contribution in [3.8, 4) is 0 Å². The van der Waals surface area contributed by atoms with Crippen LogP contribution in [0.2, 0.25) is 0 Å². The summed E-state index contributed by atoms with van der Waals surface area (Å²) in [5.41, 5.74) is -2.46. The van der Waals surface area contributed by atoms with E-state index < -0.39 is 23.1 Å². The van der Waals surface area contributed by atoms with E-state index in [9.17, 15) is 23.1 Å². The maximum atomic E-state index is 13.1. The molecule has 2 saturated carbocycles. The van der Waals surface area contributed by atoms with Gasteiger partial charge in [0, 0.05) is 13.1 Å². The normalized spacial score (nSPS) is 25.5. The van der Waals surface area contributed by atoms with Crippen molar-refractivity contribution in [3.05, 3.63) is 11.9 Å². The zero-order valence-corrected chi connectivity index (χ0v) is 14.5. The molecule has 0 unspecified atom stereocenters. The third kappa shape index (κ3) is 2.80. The van der Waals surface area contributed by atoms with Gasteiger partial charge in [0.05, 0.1) is 12.2 Å². The highest BCUT2D eigenvalue weighted by Crippen LogP contribution is 2.58. The van der Waals surface area contributed by atoms with E-state index in [0.29, 0.717) is 44.5 Å². The van der Waals surface area contributed by atoms with Crippen LogP contribution >= 0.6 is 0 Å². The smallest absolute Gasteiger partial charge is 0.383 e. The molecule has 0 aromatic carbocycles. The third-order valence-corrected chi connectivity index (χ3v) is 6.25. The highest BCUT2D eigenvalue weighted by molar-refractivity contribution is 5.86. The maximum absolute atomic E-state index is 13.1. The maximum Gasteiger partial charge on any atom is 0.403 e. The van der Waals surface area contributed by atoms with Crippen LogP contribution in [0.3, 0.4) is 0 Å². The summed E-state index contributed by atoms with van der Waals surface area (Å²) in [4.78, 5) is 13.7. The summed E-state index contributed by atoms with van der Waals surface area (Å²) in [5, 5.41) is 18.8. The van der Waals surface area contributed by atoms with Crippen molar-refractivity contribution in [2.24, 2.45) is 5.41 Å². The van der Waals surface area contributed by atoms with E-state index in [2.05, 4.69) is 10.3 Å². The van der Waals surface area contributed by atoms with E-state index in [1.807, 2.05) is 0 Å². The van der Waals surface area contributed by atoms with E-state index in [-0.39, 0.29) is 18.9 Å². The fourth-order valence-electron chi connectivity index (χ4n) is 4.26. The zero-order valence-electron chi connectivity index (χ0n) is 14.5. The van der Waals surface area contributed by atoms with E-state index >= 15 is 0 Å². The number of aromatic nitrogens is 3. The van der Waals surface area contributed by atoms with Gasteiger partial charge in [0.25, 0.3) is 0 Å². The number of rotatable bonds is 3. The van der Waals surface area contributed by atoms with Gasteiger partial charge in [-0.3, -0.25) is 4.79 Å². The number of carbonyl (C=O) groups is 1. The Labute approximate surface area is 149 Å². The van der Waals surface area contributed by atoms with Gasteiger partial charge in [-0.1, -0.05) is 18.1 Å². The number of hydrogen-bond acceptors (Lipinski definition) is 4. The monoisotopic (exact) mass is 372 g/mol. The summed E-state index contributed by atoms with van der Waals surface area (Å²) in [6, 6.07) is -0.00802. The largest absolute Gasteiger partial charge is 0.403 e. The van der Waals surface area contributed by atoms with Crippen molar-refractivity contribution < 1.29 is 23.1 Å². The lowest BCUT2D eigenvalue weighted by Gasteiger charge is -2.34. The number of carbonyl (C=O) groups excluding carboxylic acids is 1. The molecule has 0 spiro atoms. The van der Waals surface area contributed by atoms with Crippen LogP contribution in [0.1, 0.15) is 63.1 Å². The highest BCUT2D eigenvalue weighted by atomic mass is 19.4.